The van der Waals surface area contributed by atoms with Crippen LogP contribution in [0.2, 0.25) is 0 Å². The molecule has 0 radical (unpaired) electrons. The molecule has 126 valence electrons. The molecule has 1 aromatic rings. The number of aliphatic carboxylic acids is 1. The summed E-state index contributed by atoms with van der Waals surface area (Å²) in [6.07, 6.45) is 1.43. The molecular formula is C16H22N2O4S. The van der Waals surface area contributed by atoms with Crippen LogP contribution in [-0.2, 0) is 11.2 Å². The number of hydrogen-bond donors (Lipinski definition) is 3. The molecule has 1 saturated heterocycles. The summed E-state index contributed by atoms with van der Waals surface area (Å²) in [7, 11) is 0. The summed E-state index contributed by atoms with van der Waals surface area (Å²) < 4.78 is 0. The quantitative estimate of drug-likeness (QED) is 0.758. The van der Waals surface area contributed by atoms with Crippen molar-refractivity contribution in [2.24, 2.45) is 5.92 Å². The fraction of sp³-hybridized carbons (Fsp3) is 0.562. The third-order valence-electron chi connectivity index (χ3n) is 3.90. The van der Waals surface area contributed by atoms with E-state index in [2.05, 4.69) is 10.3 Å². The predicted molar refractivity (Wildman–Crippen MR) is 90.0 cm³/mol. The zero-order chi connectivity index (χ0) is 17.0. The molecule has 23 heavy (non-hydrogen) atoms. The van der Waals surface area contributed by atoms with E-state index >= 15 is 0 Å². The minimum absolute atomic E-state index is 0.211. The number of carboxylic acids is 1. The van der Waals surface area contributed by atoms with E-state index in [1.54, 1.807) is 17.8 Å². The van der Waals surface area contributed by atoms with Crippen LogP contribution in [0.25, 0.3) is 0 Å². The molecule has 0 spiro atoms. The van der Waals surface area contributed by atoms with Crippen LogP contribution in [-0.4, -0.2) is 39.0 Å². The van der Waals surface area contributed by atoms with Gasteiger partial charge in [-0.1, -0.05) is 13.8 Å². The second kappa shape index (κ2) is 7.21. The van der Waals surface area contributed by atoms with Crippen molar-refractivity contribution in [3.05, 3.63) is 33.7 Å². The van der Waals surface area contributed by atoms with Gasteiger partial charge in [0.15, 0.2) is 0 Å². The summed E-state index contributed by atoms with van der Waals surface area (Å²) in [4.78, 5) is 38.6. The average Bonchev–Trinajstić information content (AvgIpc) is 2.46. The molecular weight excluding hydrogens is 316 g/mol. The van der Waals surface area contributed by atoms with Crippen molar-refractivity contribution in [2.45, 2.75) is 38.6 Å². The number of carboxylic acid groups (broad SMARTS) is 1. The Labute approximate surface area is 139 Å². The molecule has 0 saturated carbocycles. The Balaban J connectivity index is 2.24. The molecule has 0 atom stereocenters. The van der Waals surface area contributed by atoms with Crippen molar-refractivity contribution in [2.75, 3.05) is 11.5 Å². The number of carbonyl (C=O) groups excluding carboxylic acids is 1. The van der Waals surface area contributed by atoms with Crippen LogP contribution in [0, 0.1) is 5.92 Å². The fourth-order valence-corrected chi connectivity index (χ4v) is 3.87. The second-order valence-electron chi connectivity index (χ2n) is 6.31. The summed E-state index contributed by atoms with van der Waals surface area (Å²) in [5.74, 6) is 0.208. The fourth-order valence-electron chi connectivity index (χ4n) is 2.68. The topological polar surface area (TPSA) is 99.3 Å². The van der Waals surface area contributed by atoms with Crippen molar-refractivity contribution in [3.8, 4) is 0 Å². The molecule has 3 N–H and O–H groups in total. The minimum atomic E-state index is -1.23. The lowest BCUT2D eigenvalue weighted by atomic mass is 9.91. The first kappa shape index (κ1) is 17.6. The number of hydrogen-bond acceptors (Lipinski definition) is 4. The zero-order valence-corrected chi connectivity index (χ0v) is 14.2. The van der Waals surface area contributed by atoms with Crippen LogP contribution in [0.1, 0.15) is 42.7 Å². The first-order valence-electron chi connectivity index (χ1n) is 7.69. The molecule has 0 aromatic carbocycles. The van der Waals surface area contributed by atoms with Crippen molar-refractivity contribution in [1.82, 2.24) is 10.3 Å². The first-order chi connectivity index (χ1) is 10.8. The van der Waals surface area contributed by atoms with E-state index in [-0.39, 0.29) is 11.1 Å². The summed E-state index contributed by atoms with van der Waals surface area (Å²) in [5, 5.41) is 12.2. The van der Waals surface area contributed by atoms with Gasteiger partial charge < -0.3 is 15.4 Å². The number of nitrogens with one attached hydrogen (secondary N) is 2. The molecule has 1 amide bonds. The van der Waals surface area contributed by atoms with Gasteiger partial charge in [-0.15, -0.1) is 0 Å². The number of carbonyl (C=O) groups is 2. The van der Waals surface area contributed by atoms with Crippen LogP contribution >= 0.6 is 11.8 Å². The normalized spacial score (nSPS) is 17.0. The van der Waals surface area contributed by atoms with Gasteiger partial charge in [0.05, 0.1) is 0 Å². The van der Waals surface area contributed by atoms with Gasteiger partial charge in [0.1, 0.15) is 5.54 Å². The van der Waals surface area contributed by atoms with E-state index < -0.39 is 17.4 Å². The first-order valence-corrected chi connectivity index (χ1v) is 8.85. The predicted octanol–water partition coefficient (Wildman–Crippen LogP) is 1.65. The van der Waals surface area contributed by atoms with Gasteiger partial charge >= 0.3 is 5.97 Å². The molecule has 1 aliphatic rings. The van der Waals surface area contributed by atoms with Crippen LogP contribution in [0.3, 0.4) is 0 Å². The van der Waals surface area contributed by atoms with E-state index in [9.17, 15) is 19.5 Å². The zero-order valence-electron chi connectivity index (χ0n) is 13.3. The summed E-state index contributed by atoms with van der Waals surface area (Å²) in [6, 6.07) is 2.84. The molecule has 7 heteroatoms. The third-order valence-corrected chi connectivity index (χ3v) is 4.88. The second-order valence-corrected chi connectivity index (χ2v) is 7.53. The minimum Gasteiger partial charge on any atom is -0.480 e. The number of H-pyrrole nitrogens is 1. The maximum atomic E-state index is 12.5. The molecule has 0 aliphatic carbocycles. The molecule has 2 rings (SSSR count). The van der Waals surface area contributed by atoms with Crippen LogP contribution in [0.4, 0.5) is 0 Å². The summed E-state index contributed by atoms with van der Waals surface area (Å²) >= 11 is 1.68. The van der Waals surface area contributed by atoms with E-state index in [1.165, 1.54) is 6.07 Å². The Morgan fingerprint density at radius 3 is 2.57 bits per heavy atom. The largest absolute Gasteiger partial charge is 0.480 e. The van der Waals surface area contributed by atoms with Crippen LogP contribution in [0.15, 0.2) is 16.9 Å². The molecule has 1 aliphatic heterocycles. The van der Waals surface area contributed by atoms with E-state index in [4.69, 9.17) is 0 Å². The Kier molecular flexibility index (Phi) is 5.51. The molecule has 2 heterocycles. The summed E-state index contributed by atoms with van der Waals surface area (Å²) in [5.41, 5.74) is -0.690. The standard InChI is InChI=1S/C16H22N2O4S/c1-10(2)7-12-8-11(9-13(19)17-12)14(20)18-16(15(21)22)3-5-23-6-4-16/h8-10H,3-7H2,1-2H3,(H,17,19)(H,18,20)(H,21,22). The smallest absolute Gasteiger partial charge is 0.329 e. The maximum Gasteiger partial charge on any atom is 0.329 e. The van der Waals surface area contributed by atoms with Gasteiger partial charge in [-0.25, -0.2) is 4.79 Å². The Hall–Kier alpha value is -1.76. The number of aromatic amines is 1. The number of amides is 1. The third kappa shape index (κ3) is 4.37. The molecule has 0 unspecified atom stereocenters. The Morgan fingerprint density at radius 1 is 1.35 bits per heavy atom. The number of thioether (sulfide) groups is 1. The van der Waals surface area contributed by atoms with Crippen molar-refractivity contribution >= 4 is 23.6 Å². The van der Waals surface area contributed by atoms with Crippen molar-refractivity contribution < 1.29 is 14.7 Å². The molecule has 6 nitrogen and oxygen atoms in total. The molecule has 1 fully saturated rings. The Bertz CT molecular complexity index is 648. The van der Waals surface area contributed by atoms with Crippen molar-refractivity contribution in [3.63, 3.8) is 0 Å². The number of rotatable bonds is 5. The highest BCUT2D eigenvalue weighted by Crippen LogP contribution is 2.27. The van der Waals surface area contributed by atoms with Gasteiger partial charge in [-0.3, -0.25) is 9.59 Å². The van der Waals surface area contributed by atoms with Gasteiger partial charge in [0.25, 0.3) is 5.91 Å². The molecule has 1 aromatic heterocycles. The lowest BCUT2D eigenvalue weighted by molar-refractivity contribution is -0.144. The van der Waals surface area contributed by atoms with Crippen molar-refractivity contribution in [1.29, 1.82) is 0 Å². The highest BCUT2D eigenvalue weighted by Gasteiger charge is 2.41. The van der Waals surface area contributed by atoms with Crippen LogP contribution < -0.4 is 10.9 Å². The van der Waals surface area contributed by atoms with E-state index in [1.807, 2.05) is 13.8 Å². The number of pyridine rings is 1. The lowest BCUT2D eigenvalue weighted by Gasteiger charge is -2.33. The van der Waals surface area contributed by atoms with E-state index in [0.29, 0.717) is 42.4 Å². The summed E-state index contributed by atoms with van der Waals surface area (Å²) in [6.45, 7) is 4.04. The Morgan fingerprint density at radius 2 is 2.00 bits per heavy atom. The van der Waals surface area contributed by atoms with Gasteiger partial charge in [-0.2, -0.15) is 11.8 Å². The molecule has 0 bridgehead atoms. The van der Waals surface area contributed by atoms with Gasteiger partial charge in [0.2, 0.25) is 5.56 Å². The number of aromatic nitrogens is 1. The highest BCUT2D eigenvalue weighted by molar-refractivity contribution is 7.99. The van der Waals surface area contributed by atoms with Gasteiger partial charge in [0, 0.05) is 17.3 Å². The van der Waals surface area contributed by atoms with Gasteiger partial charge in [-0.05, 0) is 42.8 Å². The van der Waals surface area contributed by atoms with E-state index in [0.717, 1.165) is 0 Å². The maximum absolute atomic E-state index is 12.5. The van der Waals surface area contributed by atoms with Crippen LogP contribution in [0.5, 0.6) is 0 Å². The average molecular weight is 338 g/mol. The highest BCUT2D eigenvalue weighted by atomic mass is 32.2. The lowest BCUT2D eigenvalue weighted by Crippen LogP contribution is -2.56. The monoisotopic (exact) mass is 338 g/mol. The SMILES string of the molecule is CC(C)Cc1cc(C(=O)NC2(C(=O)O)CCSCC2)cc(=O)[nH]1.